The first-order valence-electron chi connectivity index (χ1n) is 5.33. The average Bonchev–Trinajstić information content (AvgIpc) is 2.84. The van der Waals surface area contributed by atoms with Gasteiger partial charge in [0.25, 0.3) is 0 Å². The predicted octanol–water partition coefficient (Wildman–Crippen LogP) is 1.88. The zero-order chi connectivity index (χ0) is 13.9. The average molecular weight is 293 g/mol. The molecule has 0 atom stereocenters. The van der Waals surface area contributed by atoms with Gasteiger partial charge in [0.05, 0.1) is 10.5 Å². The smallest absolute Gasteiger partial charge is 0.238 e. The van der Waals surface area contributed by atoms with E-state index in [4.69, 9.17) is 10.4 Å². The highest BCUT2D eigenvalue weighted by atomic mass is 32.2. The van der Waals surface area contributed by atoms with Crippen molar-refractivity contribution in [2.75, 3.05) is 5.32 Å². The summed E-state index contributed by atoms with van der Waals surface area (Å²) in [6, 6.07) is 10.1. The third kappa shape index (κ3) is 3.54. The van der Waals surface area contributed by atoms with Gasteiger partial charge < -0.3 is 5.32 Å². The Bertz CT molecular complexity index is 712. The van der Waals surface area contributed by atoms with Crippen LogP contribution in [0, 0.1) is 11.3 Å². The van der Waals surface area contributed by atoms with E-state index in [0.29, 0.717) is 12.1 Å². The maximum Gasteiger partial charge on any atom is 0.238 e. The van der Waals surface area contributed by atoms with Crippen LogP contribution < -0.4 is 10.5 Å². The molecular formula is C12H11N3O2S2. The highest BCUT2D eigenvalue weighted by Crippen LogP contribution is 2.17. The molecule has 1 aromatic carbocycles. The molecule has 0 aliphatic rings. The topological polar surface area (TPSA) is 96.0 Å². The van der Waals surface area contributed by atoms with Crippen LogP contribution in [0.5, 0.6) is 0 Å². The summed E-state index contributed by atoms with van der Waals surface area (Å²) < 4.78 is 22.2. The van der Waals surface area contributed by atoms with E-state index in [2.05, 4.69) is 11.4 Å². The normalized spacial score (nSPS) is 10.9. The lowest BCUT2D eigenvalue weighted by Crippen LogP contribution is -2.11. The Kier molecular flexibility index (Phi) is 3.85. The Morgan fingerprint density at radius 1 is 1.32 bits per heavy atom. The van der Waals surface area contributed by atoms with Crippen LogP contribution in [0.2, 0.25) is 0 Å². The molecule has 0 bridgehead atoms. The summed E-state index contributed by atoms with van der Waals surface area (Å²) in [4.78, 5) is 1.12. The van der Waals surface area contributed by atoms with Gasteiger partial charge in [-0.1, -0.05) is 0 Å². The largest absolute Gasteiger partial charge is 0.380 e. The van der Waals surface area contributed by atoms with Crippen LogP contribution in [0.15, 0.2) is 40.6 Å². The number of thiophene rings is 1. The second-order valence-electron chi connectivity index (χ2n) is 3.84. The van der Waals surface area contributed by atoms with Gasteiger partial charge in [-0.3, -0.25) is 0 Å². The number of nitriles is 1. The summed E-state index contributed by atoms with van der Waals surface area (Å²) in [5.41, 5.74) is 1.44. The minimum absolute atomic E-state index is 0.0842. The van der Waals surface area contributed by atoms with Gasteiger partial charge in [0, 0.05) is 22.5 Å². The Labute approximate surface area is 115 Å². The number of nitrogens with two attached hydrogens (primary N) is 1. The molecule has 0 saturated carbocycles. The molecule has 19 heavy (non-hydrogen) atoms. The van der Waals surface area contributed by atoms with Crippen LogP contribution in [-0.4, -0.2) is 8.42 Å². The first-order valence-corrected chi connectivity index (χ1v) is 7.76. The van der Waals surface area contributed by atoms with Gasteiger partial charge >= 0.3 is 0 Å². The van der Waals surface area contributed by atoms with Crippen molar-refractivity contribution in [1.29, 1.82) is 5.26 Å². The molecule has 0 spiro atoms. The number of nitrogens with zero attached hydrogens (tertiary/aromatic N) is 1. The highest BCUT2D eigenvalue weighted by Gasteiger charge is 2.06. The molecule has 5 nitrogen and oxygen atoms in total. The van der Waals surface area contributed by atoms with Crippen LogP contribution >= 0.6 is 11.3 Å². The molecule has 1 heterocycles. The fourth-order valence-corrected chi connectivity index (χ4v) is 2.75. The zero-order valence-corrected chi connectivity index (χ0v) is 11.5. The van der Waals surface area contributed by atoms with Crippen LogP contribution in [0.1, 0.15) is 10.4 Å². The maximum atomic E-state index is 11.1. The van der Waals surface area contributed by atoms with E-state index in [1.54, 1.807) is 17.5 Å². The number of anilines is 1. The van der Waals surface area contributed by atoms with Crippen molar-refractivity contribution < 1.29 is 8.42 Å². The van der Waals surface area contributed by atoms with Crippen molar-refractivity contribution in [2.24, 2.45) is 5.14 Å². The van der Waals surface area contributed by atoms with E-state index < -0.39 is 10.0 Å². The van der Waals surface area contributed by atoms with E-state index in [0.717, 1.165) is 10.6 Å². The van der Waals surface area contributed by atoms with Crippen molar-refractivity contribution in [3.8, 4) is 6.07 Å². The number of primary sulfonamides is 1. The van der Waals surface area contributed by atoms with Crippen LogP contribution in [0.25, 0.3) is 0 Å². The molecule has 0 aliphatic heterocycles. The predicted molar refractivity (Wildman–Crippen MR) is 74.2 cm³/mol. The quantitative estimate of drug-likeness (QED) is 0.899. The van der Waals surface area contributed by atoms with Crippen LogP contribution in [0.3, 0.4) is 0 Å². The molecule has 0 aliphatic carbocycles. The number of hydrogen-bond donors (Lipinski definition) is 2. The zero-order valence-electron chi connectivity index (χ0n) is 9.83. The fourth-order valence-electron chi connectivity index (χ4n) is 1.48. The third-order valence-corrected chi connectivity index (χ3v) is 4.30. The second-order valence-corrected chi connectivity index (χ2v) is 6.39. The molecular weight excluding hydrogens is 282 g/mol. The SMILES string of the molecule is N#Cc1csc(CNc2ccc(S(N)(=O)=O)cc2)c1. The van der Waals surface area contributed by atoms with E-state index in [9.17, 15) is 8.42 Å². The van der Waals surface area contributed by atoms with Crippen molar-refractivity contribution >= 4 is 27.0 Å². The molecule has 7 heteroatoms. The Morgan fingerprint density at radius 3 is 2.53 bits per heavy atom. The van der Waals surface area contributed by atoms with Gasteiger partial charge in [-0.05, 0) is 30.3 Å². The fraction of sp³-hybridized carbons (Fsp3) is 0.0833. The molecule has 0 unspecified atom stereocenters. The summed E-state index contributed by atoms with van der Waals surface area (Å²) in [5.74, 6) is 0. The van der Waals surface area contributed by atoms with E-state index in [-0.39, 0.29) is 4.90 Å². The van der Waals surface area contributed by atoms with Crippen molar-refractivity contribution in [2.45, 2.75) is 11.4 Å². The summed E-state index contributed by atoms with van der Waals surface area (Å²) >= 11 is 1.50. The van der Waals surface area contributed by atoms with Gasteiger partial charge in [0.1, 0.15) is 6.07 Å². The number of rotatable bonds is 4. The van der Waals surface area contributed by atoms with Gasteiger partial charge in [-0.15, -0.1) is 11.3 Å². The highest BCUT2D eigenvalue weighted by molar-refractivity contribution is 7.89. The molecule has 2 aromatic rings. The van der Waals surface area contributed by atoms with Gasteiger partial charge in [0.15, 0.2) is 0 Å². The van der Waals surface area contributed by atoms with E-state index in [1.807, 2.05) is 6.07 Å². The van der Waals surface area contributed by atoms with Gasteiger partial charge in [0.2, 0.25) is 10.0 Å². The standard InChI is InChI=1S/C12H11N3O2S2/c13-6-9-5-11(18-8-9)7-15-10-1-3-12(4-2-10)19(14,16)17/h1-5,8,15H,7H2,(H2,14,16,17). The van der Waals surface area contributed by atoms with Crippen molar-refractivity contribution in [1.82, 2.24) is 0 Å². The summed E-state index contributed by atoms with van der Waals surface area (Å²) in [6.07, 6.45) is 0. The van der Waals surface area contributed by atoms with Crippen LogP contribution in [-0.2, 0) is 16.6 Å². The molecule has 3 N–H and O–H groups in total. The lowest BCUT2D eigenvalue weighted by molar-refractivity contribution is 0.598. The second kappa shape index (κ2) is 5.40. The minimum atomic E-state index is -3.65. The lowest BCUT2D eigenvalue weighted by Gasteiger charge is -2.05. The monoisotopic (exact) mass is 293 g/mol. The molecule has 0 saturated heterocycles. The number of sulfonamides is 1. The minimum Gasteiger partial charge on any atom is -0.380 e. The van der Waals surface area contributed by atoms with Crippen LogP contribution in [0.4, 0.5) is 5.69 Å². The van der Waals surface area contributed by atoms with E-state index >= 15 is 0 Å². The van der Waals surface area contributed by atoms with Gasteiger partial charge in [-0.2, -0.15) is 5.26 Å². The lowest BCUT2D eigenvalue weighted by atomic mass is 10.3. The van der Waals surface area contributed by atoms with Crippen molar-refractivity contribution in [3.05, 3.63) is 46.2 Å². The van der Waals surface area contributed by atoms with Gasteiger partial charge in [-0.25, -0.2) is 13.6 Å². The molecule has 1 aromatic heterocycles. The molecule has 98 valence electrons. The Hall–Kier alpha value is -1.88. The number of nitrogens with one attached hydrogen (secondary N) is 1. The molecule has 0 radical (unpaired) electrons. The molecule has 2 rings (SSSR count). The number of hydrogen-bond acceptors (Lipinski definition) is 5. The first-order chi connectivity index (χ1) is 8.99. The third-order valence-electron chi connectivity index (χ3n) is 2.43. The summed E-state index contributed by atoms with van der Waals surface area (Å²) in [5, 5.41) is 18.7. The maximum absolute atomic E-state index is 11.1. The van der Waals surface area contributed by atoms with Crippen molar-refractivity contribution in [3.63, 3.8) is 0 Å². The molecule has 0 fully saturated rings. The van der Waals surface area contributed by atoms with E-state index in [1.165, 1.54) is 23.5 Å². The summed E-state index contributed by atoms with van der Waals surface area (Å²) in [7, 11) is -3.65. The number of benzene rings is 1. The Balaban J connectivity index is 2.03. The Morgan fingerprint density at radius 2 is 2.00 bits per heavy atom. The first kappa shape index (κ1) is 13.5. The molecule has 0 amide bonds. The summed E-state index contributed by atoms with van der Waals surface area (Å²) in [6.45, 7) is 0.584.